The zero-order chi connectivity index (χ0) is 23.8. The maximum atomic E-state index is 14.1. The Kier molecular flexibility index (Phi) is 5.76. The summed E-state index contributed by atoms with van der Waals surface area (Å²) in [5.74, 6) is 0.316. The molecule has 3 N–H and O–H groups in total. The van der Waals surface area contributed by atoms with Crippen LogP contribution in [0.25, 0.3) is 0 Å². The summed E-state index contributed by atoms with van der Waals surface area (Å²) in [6.07, 6.45) is 7.81. The van der Waals surface area contributed by atoms with E-state index in [1.807, 2.05) is 6.07 Å². The van der Waals surface area contributed by atoms with Crippen molar-refractivity contribution in [2.24, 2.45) is 11.8 Å². The smallest absolute Gasteiger partial charge is 0.287 e. The molecule has 0 unspecified atom stereocenters. The Morgan fingerprint density at radius 3 is 2.60 bits per heavy atom. The molecular weight excluding hydrogens is 438 g/mol. The highest BCUT2D eigenvalue weighted by molar-refractivity contribution is 5.91. The summed E-state index contributed by atoms with van der Waals surface area (Å²) in [7, 11) is 0. The van der Waals surface area contributed by atoms with E-state index in [1.54, 1.807) is 12.4 Å². The zero-order valence-electron chi connectivity index (χ0n) is 19.7. The number of benzene rings is 2. The first-order chi connectivity index (χ1) is 17.2. The van der Waals surface area contributed by atoms with Gasteiger partial charge in [-0.2, -0.15) is 0 Å². The average molecular weight is 470 g/mol. The number of rotatable bonds is 4. The third-order valence-electron chi connectivity index (χ3n) is 8.02. The second kappa shape index (κ2) is 9.21. The molecule has 0 bridgehead atoms. The van der Waals surface area contributed by atoms with Gasteiger partial charge in [0.2, 0.25) is 5.91 Å². The lowest BCUT2D eigenvalue weighted by atomic mass is 9.79. The van der Waals surface area contributed by atoms with Gasteiger partial charge in [-0.15, -0.1) is 0 Å². The highest BCUT2D eigenvalue weighted by atomic mass is 16.2. The summed E-state index contributed by atoms with van der Waals surface area (Å²) in [6, 6.07) is 19.0. The fourth-order valence-electron chi connectivity index (χ4n) is 6.40. The topological polar surface area (TPSA) is 90.1 Å². The maximum absolute atomic E-state index is 14.1. The predicted octanol–water partition coefficient (Wildman–Crippen LogP) is 4.45. The average Bonchev–Trinajstić information content (AvgIpc) is 3.60. The van der Waals surface area contributed by atoms with Gasteiger partial charge in [0.05, 0.1) is 18.0 Å². The van der Waals surface area contributed by atoms with Crippen LogP contribution in [0.5, 0.6) is 0 Å². The van der Waals surface area contributed by atoms with Crippen molar-refractivity contribution >= 4 is 17.5 Å². The molecule has 2 amide bonds. The van der Waals surface area contributed by atoms with Crippen LogP contribution in [0.3, 0.4) is 0 Å². The second-order valence-electron chi connectivity index (χ2n) is 9.96. The monoisotopic (exact) mass is 469 g/mol. The van der Waals surface area contributed by atoms with E-state index in [-0.39, 0.29) is 35.9 Å². The zero-order valence-corrected chi connectivity index (χ0v) is 19.7. The molecule has 2 aliphatic heterocycles. The van der Waals surface area contributed by atoms with E-state index in [9.17, 15) is 9.59 Å². The highest BCUT2D eigenvalue weighted by Crippen LogP contribution is 2.51. The van der Waals surface area contributed by atoms with Crippen LogP contribution in [-0.2, 0) is 4.79 Å². The van der Waals surface area contributed by atoms with Crippen LogP contribution in [-0.4, -0.2) is 39.3 Å². The number of hydrogen-bond donors (Lipinski definition) is 3. The van der Waals surface area contributed by atoms with Crippen LogP contribution < -0.4 is 10.6 Å². The number of nitrogens with one attached hydrogen (secondary N) is 3. The van der Waals surface area contributed by atoms with E-state index in [4.69, 9.17) is 0 Å². The number of aromatic amines is 1. The minimum absolute atomic E-state index is 0.0357. The molecule has 6 rings (SSSR count). The third kappa shape index (κ3) is 3.99. The van der Waals surface area contributed by atoms with E-state index < -0.39 is 0 Å². The largest absolute Gasteiger partial charge is 0.378 e. The normalized spacial score (nSPS) is 27.4. The van der Waals surface area contributed by atoms with Crippen molar-refractivity contribution in [3.8, 4) is 0 Å². The summed E-state index contributed by atoms with van der Waals surface area (Å²) in [5.41, 5.74) is 3.56. The molecule has 2 fully saturated rings. The minimum Gasteiger partial charge on any atom is -0.378 e. The number of imidazole rings is 1. The molecular formula is C28H31N5O2. The van der Waals surface area contributed by atoms with Gasteiger partial charge in [-0.25, -0.2) is 4.98 Å². The molecule has 1 aromatic heterocycles. The number of carbonyl (C=O) groups excluding carboxylic acids is 2. The number of likely N-dealkylation sites (tertiary alicyclic amines) is 1. The molecule has 7 heteroatoms. The van der Waals surface area contributed by atoms with Crippen LogP contribution in [0.1, 0.15) is 65.9 Å². The Morgan fingerprint density at radius 1 is 0.971 bits per heavy atom. The van der Waals surface area contributed by atoms with Gasteiger partial charge in [0.25, 0.3) is 5.91 Å². The molecule has 1 saturated heterocycles. The molecule has 180 valence electrons. The number of amides is 2. The van der Waals surface area contributed by atoms with Crippen molar-refractivity contribution in [3.05, 3.63) is 83.9 Å². The number of H-pyrrole nitrogens is 1. The Morgan fingerprint density at radius 2 is 1.77 bits per heavy atom. The Bertz CT molecular complexity index is 1200. The number of para-hydroxylation sites is 1. The molecule has 0 radical (unpaired) electrons. The van der Waals surface area contributed by atoms with Crippen LogP contribution in [0.4, 0.5) is 5.69 Å². The first kappa shape index (κ1) is 21.9. The fourth-order valence-corrected chi connectivity index (χ4v) is 6.40. The van der Waals surface area contributed by atoms with Crippen molar-refractivity contribution in [2.45, 2.75) is 50.2 Å². The van der Waals surface area contributed by atoms with Crippen molar-refractivity contribution < 1.29 is 9.59 Å². The lowest BCUT2D eigenvalue weighted by Gasteiger charge is -2.42. The fraction of sp³-hybridized carbons (Fsp3) is 0.393. The minimum atomic E-state index is -0.240. The van der Waals surface area contributed by atoms with E-state index in [0.29, 0.717) is 11.7 Å². The van der Waals surface area contributed by atoms with Gasteiger partial charge in [0, 0.05) is 36.6 Å². The molecule has 3 aliphatic rings. The van der Waals surface area contributed by atoms with Gasteiger partial charge in [-0.3, -0.25) is 9.59 Å². The van der Waals surface area contributed by atoms with Gasteiger partial charge >= 0.3 is 0 Å². The Balaban J connectivity index is 1.29. The summed E-state index contributed by atoms with van der Waals surface area (Å²) >= 11 is 0. The van der Waals surface area contributed by atoms with Crippen LogP contribution in [0.15, 0.2) is 67.0 Å². The molecule has 3 aromatic rings. The number of hydrogen-bond acceptors (Lipinski definition) is 4. The number of anilines is 1. The number of fused-ring (bicyclic) bond motifs is 3. The van der Waals surface area contributed by atoms with E-state index in [2.05, 4.69) is 74.0 Å². The quantitative estimate of drug-likeness (QED) is 0.526. The standard InChI is InChI=1S/C28H31N5O2/c34-27(26-29-15-16-30-26)32-23-13-7-5-11-20(23)28(35)33-17-14-21-24(18-8-2-1-3-9-18)31-22-12-6-4-10-19(22)25(21)33/h1-4,6,8-10,12,15-16,20-21,23-25,31H,5,7,11,13-14,17H2,(H,29,30)(H,32,34)/t20-,21-,23+,24-,25-/m0/s1. The number of carbonyl (C=O) groups is 2. The second-order valence-corrected chi connectivity index (χ2v) is 9.96. The molecule has 3 heterocycles. The van der Waals surface area contributed by atoms with Crippen molar-refractivity contribution in [3.63, 3.8) is 0 Å². The third-order valence-corrected chi connectivity index (χ3v) is 8.02. The van der Waals surface area contributed by atoms with E-state index >= 15 is 0 Å². The highest BCUT2D eigenvalue weighted by Gasteiger charge is 2.48. The maximum Gasteiger partial charge on any atom is 0.287 e. The molecule has 5 atom stereocenters. The van der Waals surface area contributed by atoms with Crippen molar-refractivity contribution in [2.75, 3.05) is 11.9 Å². The van der Waals surface area contributed by atoms with E-state index in [0.717, 1.165) is 44.3 Å². The molecule has 0 spiro atoms. The van der Waals surface area contributed by atoms with Crippen LogP contribution in [0.2, 0.25) is 0 Å². The van der Waals surface area contributed by atoms with Gasteiger partial charge in [0.1, 0.15) is 0 Å². The molecule has 1 aliphatic carbocycles. The summed E-state index contributed by atoms with van der Waals surface area (Å²) in [5, 5.41) is 6.88. The summed E-state index contributed by atoms with van der Waals surface area (Å²) < 4.78 is 0. The van der Waals surface area contributed by atoms with Gasteiger partial charge in [-0.1, -0.05) is 61.4 Å². The summed E-state index contributed by atoms with van der Waals surface area (Å²) in [4.78, 5) is 35.9. The lowest BCUT2D eigenvalue weighted by molar-refractivity contribution is -0.138. The van der Waals surface area contributed by atoms with Crippen molar-refractivity contribution in [1.82, 2.24) is 20.2 Å². The van der Waals surface area contributed by atoms with Gasteiger partial charge < -0.3 is 20.5 Å². The molecule has 1 saturated carbocycles. The van der Waals surface area contributed by atoms with Crippen molar-refractivity contribution in [1.29, 1.82) is 0 Å². The van der Waals surface area contributed by atoms with E-state index in [1.165, 1.54) is 11.1 Å². The SMILES string of the molecule is O=C(N[C@@H]1CCCC[C@@H]1C(=O)N1CC[C@H]2[C@H](c3ccccc3)Nc3ccccc3[C@@H]21)c1ncc[nH]1. The number of nitrogens with zero attached hydrogens (tertiary/aromatic N) is 2. The first-order valence-electron chi connectivity index (χ1n) is 12.7. The van der Waals surface area contributed by atoms with Gasteiger partial charge in [-0.05, 0) is 36.5 Å². The molecule has 2 aromatic carbocycles. The molecule has 7 nitrogen and oxygen atoms in total. The van der Waals surface area contributed by atoms with Gasteiger partial charge in [0.15, 0.2) is 5.82 Å². The first-order valence-corrected chi connectivity index (χ1v) is 12.7. The Hall–Kier alpha value is -3.61. The number of aromatic nitrogens is 2. The molecule has 35 heavy (non-hydrogen) atoms. The Labute approximate surface area is 205 Å². The summed E-state index contributed by atoms with van der Waals surface area (Å²) in [6.45, 7) is 0.739. The van der Waals surface area contributed by atoms with Crippen LogP contribution in [0, 0.1) is 11.8 Å². The predicted molar refractivity (Wildman–Crippen MR) is 134 cm³/mol. The lowest BCUT2D eigenvalue weighted by Crippen LogP contribution is -2.50. The van der Waals surface area contributed by atoms with Crippen LogP contribution >= 0.6 is 0 Å².